The van der Waals surface area contributed by atoms with Crippen molar-refractivity contribution in [3.63, 3.8) is 0 Å². The van der Waals surface area contributed by atoms with E-state index in [4.69, 9.17) is 9.47 Å². The number of β-amino-alcohol motifs (C(OH)–C–C–N with tert-alkyl or cyclic N) is 1. The molecule has 0 spiro atoms. The Bertz CT molecular complexity index is 572. The van der Waals surface area contributed by atoms with Gasteiger partial charge in [0.15, 0.2) is 5.78 Å². The molecule has 0 aliphatic carbocycles. The zero-order chi connectivity index (χ0) is 18.2. The average Bonchev–Trinajstić information content (AvgIpc) is 2.61. The van der Waals surface area contributed by atoms with Gasteiger partial charge in [-0.25, -0.2) is 0 Å². The molecule has 1 saturated heterocycles. The van der Waals surface area contributed by atoms with Crippen LogP contribution in [0.25, 0.3) is 0 Å². The van der Waals surface area contributed by atoms with Crippen LogP contribution in [0.1, 0.15) is 37.0 Å². The van der Waals surface area contributed by atoms with E-state index < -0.39 is 6.10 Å². The summed E-state index contributed by atoms with van der Waals surface area (Å²) in [6, 6.07) is 6.86. The number of Topliss-reactive ketones (excluding diaryl/α,β-unsaturated/α-hetero) is 1. The molecule has 1 aromatic rings. The number of rotatable bonds is 8. The maximum Gasteiger partial charge on any atom is 0.310 e. The number of carbonyl (C=O) groups excluding carboxylic acids is 2. The van der Waals surface area contributed by atoms with Crippen LogP contribution in [-0.2, 0) is 9.53 Å². The predicted octanol–water partition coefficient (Wildman–Crippen LogP) is 1.90. The fraction of sp³-hybridized carbons (Fsp3) is 0.579. The molecule has 1 aliphatic heterocycles. The molecule has 1 aliphatic rings. The van der Waals surface area contributed by atoms with Gasteiger partial charge in [-0.3, -0.25) is 14.5 Å². The number of aliphatic hydroxyl groups is 1. The molecule has 0 bridgehead atoms. The van der Waals surface area contributed by atoms with E-state index in [-0.39, 0.29) is 24.3 Å². The van der Waals surface area contributed by atoms with Gasteiger partial charge < -0.3 is 14.6 Å². The number of hydrogen-bond donors (Lipinski definition) is 1. The Morgan fingerprint density at radius 3 is 2.68 bits per heavy atom. The quantitative estimate of drug-likeness (QED) is 0.571. The van der Waals surface area contributed by atoms with Crippen molar-refractivity contribution in [3.05, 3.63) is 29.8 Å². The fourth-order valence-corrected chi connectivity index (χ4v) is 3.00. The molecule has 1 N–H and O–H groups in total. The molecular formula is C19H27NO5. The molecule has 1 aromatic carbocycles. The highest BCUT2D eigenvalue weighted by Crippen LogP contribution is 2.18. The van der Waals surface area contributed by atoms with Gasteiger partial charge in [0, 0.05) is 18.7 Å². The van der Waals surface area contributed by atoms with E-state index in [2.05, 4.69) is 4.90 Å². The maximum absolute atomic E-state index is 11.9. The topological polar surface area (TPSA) is 76.1 Å². The molecule has 25 heavy (non-hydrogen) atoms. The van der Waals surface area contributed by atoms with E-state index in [1.54, 1.807) is 24.3 Å². The van der Waals surface area contributed by atoms with Crippen LogP contribution in [0.5, 0.6) is 5.75 Å². The summed E-state index contributed by atoms with van der Waals surface area (Å²) in [6.07, 6.45) is 1.11. The highest BCUT2D eigenvalue weighted by atomic mass is 16.5. The van der Waals surface area contributed by atoms with Crippen LogP contribution in [0.4, 0.5) is 0 Å². The highest BCUT2D eigenvalue weighted by molar-refractivity contribution is 5.94. The number of aliphatic hydroxyl groups excluding tert-OH is 1. The second kappa shape index (κ2) is 9.53. The summed E-state index contributed by atoms with van der Waals surface area (Å²) in [5, 5.41) is 10.2. The third kappa shape index (κ3) is 6.14. The number of carbonyl (C=O) groups is 2. The van der Waals surface area contributed by atoms with Crippen LogP contribution in [0.2, 0.25) is 0 Å². The number of nitrogens with zero attached hydrogens (tertiary/aromatic N) is 1. The lowest BCUT2D eigenvalue weighted by molar-refractivity contribution is -0.150. The molecule has 6 heteroatoms. The number of esters is 1. The number of likely N-dealkylation sites (tertiary alicyclic amines) is 1. The Morgan fingerprint density at radius 1 is 1.32 bits per heavy atom. The summed E-state index contributed by atoms with van der Waals surface area (Å²) in [6.45, 7) is 5.82. The summed E-state index contributed by atoms with van der Waals surface area (Å²) in [7, 11) is 0. The van der Waals surface area contributed by atoms with E-state index in [9.17, 15) is 14.7 Å². The Hall–Kier alpha value is -1.92. The van der Waals surface area contributed by atoms with Gasteiger partial charge in [0.05, 0.1) is 12.5 Å². The van der Waals surface area contributed by atoms with Gasteiger partial charge in [-0.05, 0) is 57.5 Å². The molecule has 1 fully saturated rings. The number of ketones is 1. The van der Waals surface area contributed by atoms with Crippen LogP contribution in [0.3, 0.4) is 0 Å². The minimum absolute atomic E-state index is 0.00726. The summed E-state index contributed by atoms with van der Waals surface area (Å²) < 4.78 is 10.7. The van der Waals surface area contributed by atoms with Gasteiger partial charge in [-0.2, -0.15) is 0 Å². The standard InChI is InChI=1S/C19H27NO5/c1-3-24-19(23)16-5-4-10-20(11-16)12-17(22)13-25-18-8-6-15(7-9-18)14(2)21/h6-9,16-17,22H,3-5,10-13H2,1-2H3/t16-,17-/m0/s1. The number of hydrogen-bond acceptors (Lipinski definition) is 6. The van der Waals surface area contributed by atoms with Gasteiger partial charge in [-0.15, -0.1) is 0 Å². The van der Waals surface area contributed by atoms with Crippen molar-refractivity contribution in [2.75, 3.05) is 32.8 Å². The molecule has 0 saturated carbocycles. The first-order valence-electron chi connectivity index (χ1n) is 8.80. The summed E-state index contributed by atoms with van der Waals surface area (Å²) >= 11 is 0. The van der Waals surface area contributed by atoms with Gasteiger partial charge in [0.1, 0.15) is 18.5 Å². The molecule has 138 valence electrons. The first-order valence-corrected chi connectivity index (χ1v) is 8.80. The van der Waals surface area contributed by atoms with Crippen LogP contribution in [0.15, 0.2) is 24.3 Å². The SMILES string of the molecule is CCOC(=O)[C@H]1CCCN(C[C@H](O)COc2ccc(C(C)=O)cc2)C1. The molecule has 6 nitrogen and oxygen atoms in total. The van der Waals surface area contributed by atoms with Crippen molar-refractivity contribution in [1.82, 2.24) is 4.90 Å². The fourth-order valence-electron chi connectivity index (χ4n) is 3.00. The minimum Gasteiger partial charge on any atom is -0.491 e. The molecule has 1 heterocycles. The van der Waals surface area contributed by atoms with Crippen molar-refractivity contribution in [1.29, 1.82) is 0 Å². The lowest BCUT2D eigenvalue weighted by atomic mass is 9.98. The Kier molecular flexibility index (Phi) is 7.40. The van der Waals surface area contributed by atoms with E-state index in [1.165, 1.54) is 6.92 Å². The van der Waals surface area contributed by atoms with E-state index >= 15 is 0 Å². The number of ether oxygens (including phenoxy) is 2. The van der Waals surface area contributed by atoms with Gasteiger partial charge in [0.25, 0.3) is 0 Å². The predicted molar refractivity (Wildman–Crippen MR) is 93.7 cm³/mol. The second-order valence-corrected chi connectivity index (χ2v) is 6.40. The van der Waals surface area contributed by atoms with E-state index in [0.717, 1.165) is 19.4 Å². The highest BCUT2D eigenvalue weighted by Gasteiger charge is 2.27. The van der Waals surface area contributed by atoms with Crippen molar-refractivity contribution in [2.45, 2.75) is 32.8 Å². The molecule has 2 atom stereocenters. The zero-order valence-electron chi connectivity index (χ0n) is 14.9. The Balaban J connectivity index is 1.76. The largest absolute Gasteiger partial charge is 0.491 e. The van der Waals surface area contributed by atoms with Crippen LogP contribution in [-0.4, -0.2) is 60.7 Å². The third-order valence-corrected chi connectivity index (χ3v) is 4.30. The van der Waals surface area contributed by atoms with Crippen molar-refractivity contribution < 1.29 is 24.2 Å². The zero-order valence-corrected chi connectivity index (χ0v) is 14.9. The Labute approximate surface area is 148 Å². The Morgan fingerprint density at radius 2 is 2.04 bits per heavy atom. The first-order chi connectivity index (χ1) is 12.0. The number of benzene rings is 1. The van der Waals surface area contributed by atoms with E-state index in [0.29, 0.717) is 31.0 Å². The van der Waals surface area contributed by atoms with E-state index in [1.807, 2.05) is 6.92 Å². The van der Waals surface area contributed by atoms with Crippen molar-refractivity contribution >= 4 is 11.8 Å². The molecule has 0 radical (unpaired) electrons. The van der Waals surface area contributed by atoms with Crippen LogP contribution < -0.4 is 4.74 Å². The van der Waals surface area contributed by atoms with Crippen LogP contribution >= 0.6 is 0 Å². The van der Waals surface area contributed by atoms with Gasteiger partial charge in [0.2, 0.25) is 0 Å². The molecule has 0 aromatic heterocycles. The summed E-state index contributed by atoms with van der Waals surface area (Å²) in [4.78, 5) is 25.2. The summed E-state index contributed by atoms with van der Waals surface area (Å²) in [5.41, 5.74) is 0.631. The molecule has 0 unspecified atom stereocenters. The number of piperidine rings is 1. The average molecular weight is 349 g/mol. The maximum atomic E-state index is 11.9. The lowest BCUT2D eigenvalue weighted by Gasteiger charge is -2.32. The van der Waals surface area contributed by atoms with Crippen molar-refractivity contribution in [2.24, 2.45) is 5.92 Å². The lowest BCUT2D eigenvalue weighted by Crippen LogP contribution is -2.44. The molecular weight excluding hydrogens is 322 g/mol. The normalized spacial score (nSPS) is 19.2. The third-order valence-electron chi connectivity index (χ3n) is 4.30. The van der Waals surface area contributed by atoms with Gasteiger partial charge >= 0.3 is 5.97 Å². The second-order valence-electron chi connectivity index (χ2n) is 6.40. The first kappa shape index (κ1) is 19.4. The summed E-state index contributed by atoms with van der Waals surface area (Å²) in [5.74, 6) is 0.365. The minimum atomic E-state index is -0.645. The smallest absolute Gasteiger partial charge is 0.310 e. The van der Waals surface area contributed by atoms with Crippen LogP contribution in [0, 0.1) is 5.92 Å². The monoisotopic (exact) mass is 349 g/mol. The molecule has 2 rings (SSSR count). The van der Waals surface area contributed by atoms with Gasteiger partial charge in [-0.1, -0.05) is 0 Å². The van der Waals surface area contributed by atoms with Crippen molar-refractivity contribution in [3.8, 4) is 5.75 Å². The molecule has 0 amide bonds.